The Labute approximate surface area is 105 Å². The lowest BCUT2D eigenvalue weighted by Gasteiger charge is -2.11. The first-order chi connectivity index (χ1) is 7.20. The predicted octanol–water partition coefficient (Wildman–Crippen LogP) is 1.89. The Morgan fingerprint density at radius 2 is 1.78 bits per heavy atom. The van der Waals surface area contributed by atoms with Crippen LogP contribution in [0, 0.1) is 5.92 Å². The van der Waals surface area contributed by atoms with Gasteiger partial charge in [-0.15, -0.1) is 0 Å². The first-order valence-corrected chi connectivity index (χ1v) is 7.63. The van der Waals surface area contributed by atoms with E-state index in [4.69, 9.17) is 14.7 Å². The molecule has 18 heavy (non-hydrogen) atoms. The highest BCUT2D eigenvalue weighted by Gasteiger charge is 2.32. The lowest BCUT2D eigenvalue weighted by molar-refractivity contribution is 0.191. The molecule has 1 aliphatic rings. The Morgan fingerprint density at radius 3 is 2.17 bits per heavy atom. The van der Waals surface area contributed by atoms with Crippen molar-refractivity contribution in [3.05, 3.63) is 11.6 Å². The van der Waals surface area contributed by atoms with Gasteiger partial charge in [0.15, 0.2) is 0 Å². The van der Waals surface area contributed by atoms with Gasteiger partial charge in [0.1, 0.15) is 0 Å². The number of hydrogen-bond acceptors (Lipinski definition) is 6. The van der Waals surface area contributed by atoms with E-state index in [0.29, 0.717) is 5.92 Å². The van der Waals surface area contributed by atoms with E-state index in [9.17, 15) is 9.13 Å². The minimum atomic E-state index is -5.02. The Kier molecular flexibility index (Phi) is 8.43. The molecule has 9 N–H and O–H groups in total. The van der Waals surface area contributed by atoms with E-state index in [1.54, 1.807) is 6.08 Å². The van der Waals surface area contributed by atoms with E-state index in [0.717, 1.165) is 18.4 Å². The molecule has 0 aromatic rings. The van der Waals surface area contributed by atoms with Gasteiger partial charge in [-0.05, 0) is 25.7 Å². The van der Waals surface area contributed by atoms with Crippen molar-refractivity contribution in [3.63, 3.8) is 0 Å². The molecule has 0 aromatic heterocycles. The summed E-state index contributed by atoms with van der Waals surface area (Å²) in [5.41, 5.74) is 1.04. The van der Waals surface area contributed by atoms with Crippen molar-refractivity contribution in [2.75, 3.05) is 6.61 Å². The second-order valence-corrected chi connectivity index (χ2v) is 6.39. The largest absolute Gasteiger partial charge is 0.481 e. The van der Waals surface area contributed by atoms with Gasteiger partial charge >= 0.3 is 15.6 Å². The summed E-state index contributed by atoms with van der Waals surface area (Å²) < 4.78 is 29.3. The fourth-order valence-corrected chi connectivity index (χ4v) is 2.65. The number of hydrogen-bond donors (Lipinski definition) is 5. The standard InChI is InChI=1S/C7H14O7P2.2H3N/c1-6(7-2-3-7)4-5-13-16(11,12)14-15(8,9)10;;/h4,7H,2-3,5H2,1H3,(H,11,12)(H2,8,9,10);2*1H3/b6-4+;;. The summed E-state index contributed by atoms with van der Waals surface area (Å²) in [6.07, 6.45) is 3.79. The molecule has 0 heterocycles. The third-order valence-corrected chi connectivity index (χ3v) is 4.23. The lowest BCUT2D eigenvalue weighted by atomic mass is 10.2. The van der Waals surface area contributed by atoms with Gasteiger partial charge in [0.25, 0.3) is 0 Å². The molecule has 0 bridgehead atoms. The fraction of sp³-hybridized carbons (Fsp3) is 0.714. The maximum absolute atomic E-state index is 11.0. The number of allylic oxidation sites excluding steroid dienone is 1. The monoisotopic (exact) mass is 306 g/mol. The maximum atomic E-state index is 11.0. The van der Waals surface area contributed by atoms with Crippen LogP contribution in [-0.2, 0) is 18.0 Å². The minimum Gasteiger partial charge on any atom is -0.344 e. The molecule has 1 saturated carbocycles. The summed E-state index contributed by atoms with van der Waals surface area (Å²) in [7, 11) is -9.70. The molecule has 0 spiro atoms. The van der Waals surface area contributed by atoms with Gasteiger partial charge < -0.3 is 27.0 Å². The summed E-state index contributed by atoms with van der Waals surface area (Å²) in [5, 5.41) is 0. The first-order valence-electron chi connectivity index (χ1n) is 4.60. The van der Waals surface area contributed by atoms with Gasteiger partial charge in [-0.1, -0.05) is 11.6 Å². The Morgan fingerprint density at radius 1 is 1.28 bits per heavy atom. The van der Waals surface area contributed by atoms with E-state index in [-0.39, 0.29) is 18.9 Å². The Bertz CT molecular complexity index is 376. The van der Waals surface area contributed by atoms with Crippen LogP contribution in [0.1, 0.15) is 19.8 Å². The summed E-state index contributed by atoms with van der Waals surface area (Å²) in [5.74, 6) is 0.504. The topological polar surface area (TPSA) is 183 Å². The van der Waals surface area contributed by atoms with Crippen molar-refractivity contribution in [1.29, 1.82) is 0 Å². The summed E-state index contributed by atoms with van der Waals surface area (Å²) in [6.45, 7) is 1.66. The smallest absolute Gasteiger partial charge is 0.344 e. The second-order valence-electron chi connectivity index (χ2n) is 3.56. The molecule has 1 rings (SSSR count). The molecule has 9 nitrogen and oxygen atoms in total. The molecule has 1 atom stereocenters. The van der Waals surface area contributed by atoms with Gasteiger partial charge in [-0.2, -0.15) is 4.31 Å². The fourth-order valence-electron chi connectivity index (χ4n) is 1.13. The van der Waals surface area contributed by atoms with Crippen molar-refractivity contribution < 1.29 is 32.6 Å². The van der Waals surface area contributed by atoms with Crippen LogP contribution in [-0.4, -0.2) is 21.3 Å². The zero-order valence-corrected chi connectivity index (χ0v) is 11.8. The molecule has 1 fully saturated rings. The molecular formula is C7H20N2O7P2. The third kappa shape index (κ3) is 8.93. The van der Waals surface area contributed by atoms with Crippen LogP contribution in [0.4, 0.5) is 0 Å². The number of phosphoric ester groups is 1. The zero-order valence-electron chi connectivity index (χ0n) is 10.1. The van der Waals surface area contributed by atoms with E-state index >= 15 is 0 Å². The summed E-state index contributed by atoms with van der Waals surface area (Å²) in [6, 6.07) is 0. The van der Waals surface area contributed by atoms with E-state index in [1.807, 2.05) is 6.92 Å². The molecule has 1 unspecified atom stereocenters. The van der Waals surface area contributed by atoms with Gasteiger partial charge in [0, 0.05) is 0 Å². The summed E-state index contributed by atoms with van der Waals surface area (Å²) >= 11 is 0. The third-order valence-electron chi connectivity index (χ3n) is 2.07. The van der Waals surface area contributed by atoms with Crippen LogP contribution >= 0.6 is 15.6 Å². The van der Waals surface area contributed by atoms with Crippen LogP contribution < -0.4 is 12.3 Å². The SMILES string of the molecule is C/C(=C\COP(=O)(O)OP(=O)(O)O)C1CC1.N.N. The van der Waals surface area contributed by atoms with Crippen LogP contribution in [0.25, 0.3) is 0 Å². The van der Waals surface area contributed by atoms with Crippen molar-refractivity contribution in [2.24, 2.45) is 5.92 Å². The number of rotatable bonds is 6. The Hall–Kier alpha value is -0.0800. The molecule has 0 saturated heterocycles. The molecule has 0 aromatic carbocycles. The van der Waals surface area contributed by atoms with Crippen LogP contribution in [0.15, 0.2) is 11.6 Å². The van der Waals surface area contributed by atoms with Crippen molar-refractivity contribution >= 4 is 15.6 Å². The molecule has 0 amide bonds. The van der Waals surface area contributed by atoms with Crippen LogP contribution in [0.5, 0.6) is 0 Å². The minimum absolute atomic E-state index is 0. The zero-order chi connectivity index (χ0) is 12.4. The average molecular weight is 306 g/mol. The van der Waals surface area contributed by atoms with Crippen molar-refractivity contribution in [1.82, 2.24) is 12.3 Å². The molecular weight excluding hydrogens is 286 g/mol. The summed E-state index contributed by atoms with van der Waals surface area (Å²) in [4.78, 5) is 25.5. The van der Waals surface area contributed by atoms with Gasteiger partial charge in [0.05, 0.1) is 6.61 Å². The molecule has 110 valence electrons. The average Bonchev–Trinajstić information content (AvgIpc) is 2.79. The Balaban J connectivity index is 0. The van der Waals surface area contributed by atoms with Crippen LogP contribution in [0.3, 0.4) is 0 Å². The highest BCUT2D eigenvalue weighted by Crippen LogP contribution is 2.57. The maximum Gasteiger partial charge on any atom is 0.481 e. The normalized spacial score (nSPS) is 19.4. The van der Waals surface area contributed by atoms with Gasteiger partial charge in [-0.25, -0.2) is 9.13 Å². The molecule has 0 aliphatic heterocycles. The highest BCUT2D eigenvalue weighted by molar-refractivity contribution is 7.60. The van der Waals surface area contributed by atoms with E-state index in [1.165, 1.54) is 0 Å². The highest BCUT2D eigenvalue weighted by atomic mass is 31.3. The van der Waals surface area contributed by atoms with Crippen LogP contribution in [0.2, 0.25) is 0 Å². The van der Waals surface area contributed by atoms with Gasteiger partial charge in [-0.3, -0.25) is 4.52 Å². The van der Waals surface area contributed by atoms with E-state index < -0.39 is 15.6 Å². The molecule has 1 aliphatic carbocycles. The molecule has 11 heteroatoms. The predicted molar refractivity (Wildman–Crippen MR) is 65.4 cm³/mol. The first kappa shape index (κ1) is 20.2. The van der Waals surface area contributed by atoms with Crippen molar-refractivity contribution in [3.8, 4) is 0 Å². The molecule has 0 radical (unpaired) electrons. The van der Waals surface area contributed by atoms with Gasteiger partial charge in [0.2, 0.25) is 0 Å². The van der Waals surface area contributed by atoms with Crippen molar-refractivity contribution in [2.45, 2.75) is 19.8 Å². The quantitative estimate of drug-likeness (QED) is 0.361. The lowest BCUT2D eigenvalue weighted by Crippen LogP contribution is -1.95. The number of phosphoric acid groups is 2. The van der Waals surface area contributed by atoms with E-state index in [2.05, 4.69) is 8.83 Å². The second kappa shape index (κ2) is 7.49.